The van der Waals surface area contributed by atoms with E-state index in [0.29, 0.717) is 6.42 Å². The highest BCUT2D eigenvalue weighted by atomic mass is 16.3. The molecule has 0 aliphatic heterocycles. The van der Waals surface area contributed by atoms with Crippen LogP contribution in [0.15, 0.2) is 67.3 Å². The Bertz CT molecular complexity index is 471. The van der Waals surface area contributed by atoms with E-state index in [9.17, 15) is 5.11 Å². The van der Waals surface area contributed by atoms with Crippen molar-refractivity contribution in [2.45, 2.75) is 12.5 Å². The zero-order valence-electron chi connectivity index (χ0n) is 9.71. The molecule has 1 nitrogen and oxygen atoms in total. The second kappa shape index (κ2) is 5.46. The van der Waals surface area contributed by atoms with E-state index in [1.807, 2.05) is 42.5 Å². The van der Waals surface area contributed by atoms with Gasteiger partial charge in [-0.25, -0.2) is 0 Å². The summed E-state index contributed by atoms with van der Waals surface area (Å²) < 4.78 is 0. The SMILES string of the molecule is C=CC[C@@H](O)c1ccc(-c2ccccc2)cc1. The average Bonchev–Trinajstić information content (AvgIpc) is 2.40. The number of hydrogen-bond donors (Lipinski definition) is 1. The third kappa shape index (κ3) is 2.83. The summed E-state index contributed by atoms with van der Waals surface area (Å²) in [6.45, 7) is 3.63. The van der Waals surface area contributed by atoms with Gasteiger partial charge in [-0.05, 0) is 23.1 Å². The molecule has 0 saturated carbocycles. The van der Waals surface area contributed by atoms with Crippen molar-refractivity contribution in [1.82, 2.24) is 0 Å². The van der Waals surface area contributed by atoms with Crippen molar-refractivity contribution in [3.05, 3.63) is 72.8 Å². The molecule has 0 aromatic heterocycles. The van der Waals surface area contributed by atoms with Gasteiger partial charge in [-0.1, -0.05) is 60.7 Å². The maximum atomic E-state index is 9.81. The van der Waals surface area contributed by atoms with Gasteiger partial charge in [0, 0.05) is 0 Å². The molecule has 0 saturated heterocycles. The van der Waals surface area contributed by atoms with Gasteiger partial charge in [-0.2, -0.15) is 0 Å². The van der Waals surface area contributed by atoms with E-state index < -0.39 is 6.10 Å². The fourth-order valence-corrected chi connectivity index (χ4v) is 1.82. The van der Waals surface area contributed by atoms with Gasteiger partial charge in [0.15, 0.2) is 0 Å². The van der Waals surface area contributed by atoms with Crippen molar-refractivity contribution in [3.63, 3.8) is 0 Å². The fraction of sp³-hybridized carbons (Fsp3) is 0.125. The Hall–Kier alpha value is -1.86. The summed E-state index contributed by atoms with van der Waals surface area (Å²) in [5.41, 5.74) is 3.29. The van der Waals surface area contributed by atoms with Crippen LogP contribution in [0, 0.1) is 0 Å². The van der Waals surface area contributed by atoms with E-state index in [2.05, 4.69) is 18.7 Å². The molecule has 0 aliphatic rings. The van der Waals surface area contributed by atoms with E-state index in [4.69, 9.17) is 0 Å². The van der Waals surface area contributed by atoms with Crippen LogP contribution in [0.2, 0.25) is 0 Å². The monoisotopic (exact) mass is 224 g/mol. The van der Waals surface area contributed by atoms with Gasteiger partial charge in [0.1, 0.15) is 0 Å². The van der Waals surface area contributed by atoms with Crippen molar-refractivity contribution in [3.8, 4) is 11.1 Å². The van der Waals surface area contributed by atoms with Crippen LogP contribution in [0.25, 0.3) is 11.1 Å². The lowest BCUT2D eigenvalue weighted by atomic mass is 10.0. The first-order chi connectivity index (χ1) is 8.31. The Morgan fingerprint density at radius 1 is 0.941 bits per heavy atom. The lowest BCUT2D eigenvalue weighted by molar-refractivity contribution is 0.181. The van der Waals surface area contributed by atoms with Crippen LogP contribution in [0.3, 0.4) is 0 Å². The normalized spacial score (nSPS) is 12.1. The van der Waals surface area contributed by atoms with E-state index >= 15 is 0 Å². The predicted molar refractivity (Wildman–Crippen MR) is 71.7 cm³/mol. The van der Waals surface area contributed by atoms with Crippen LogP contribution < -0.4 is 0 Å². The van der Waals surface area contributed by atoms with E-state index in [-0.39, 0.29) is 0 Å². The summed E-state index contributed by atoms with van der Waals surface area (Å²) >= 11 is 0. The molecule has 0 radical (unpaired) electrons. The van der Waals surface area contributed by atoms with Crippen LogP contribution in [-0.2, 0) is 0 Å². The lowest BCUT2D eigenvalue weighted by Gasteiger charge is -2.09. The molecule has 0 bridgehead atoms. The van der Waals surface area contributed by atoms with E-state index in [1.165, 1.54) is 11.1 Å². The Labute approximate surface area is 102 Å². The van der Waals surface area contributed by atoms with Crippen molar-refractivity contribution in [1.29, 1.82) is 0 Å². The molecular weight excluding hydrogens is 208 g/mol. The topological polar surface area (TPSA) is 20.2 Å². The summed E-state index contributed by atoms with van der Waals surface area (Å²) in [4.78, 5) is 0. The highest BCUT2D eigenvalue weighted by molar-refractivity contribution is 5.63. The summed E-state index contributed by atoms with van der Waals surface area (Å²) in [5, 5.41) is 9.81. The van der Waals surface area contributed by atoms with Crippen molar-refractivity contribution in [2.75, 3.05) is 0 Å². The Kier molecular flexibility index (Phi) is 3.73. The minimum Gasteiger partial charge on any atom is -0.388 e. The van der Waals surface area contributed by atoms with Gasteiger partial charge in [-0.3, -0.25) is 0 Å². The summed E-state index contributed by atoms with van der Waals surface area (Å²) in [6.07, 6.45) is 1.87. The molecule has 2 aromatic rings. The minimum absolute atomic E-state index is 0.447. The van der Waals surface area contributed by atoms with Gasteiger partial charge in [-0.15, -0.1) is 6.58 Å². The number of hydrogen-bond acceptors (Lipinski definition) is 1. The van der Waals surface area contributed by atoms with Crippen LogP contribution in [0.4, 0.5) is 0 Å². The number of benzene rings is 2. The highest BCUT2D eigenvalue weighted by Crippen LogP contribution is 2.23. The number of aliphatic hydroxyl groups excluding tert-OH is 1. The standard InChI is InChI=1S/C16H16O/c1-2-6-16(17)15-11-9-14(10-12-15)13-7-4-3-5-8-13/h2-5,7-12,16-17H,1,6H2/t16-/m1/s1. The highest BCUT2D eigenvalue weighted by Gasteiger charge is 2.05. The van der Waals surface area contributed by atoms with Crippen LogP contribution in [-0.4, -0.2) is 5.11 Å². The van der Waals surface area contributed by atoms with Crippen LogP contribution >= 0.6 is 0 Å². The fourth-order valence-electron chi connectivity index (χ4n) is 1.82. The third-order valence-electron chi connectivity index (χ3n) is 2.79. The smallest absolute Gasteiger partial charge is 0.0824 e. The van der Waals surface area contributed by atoms with Gasteiger partial charge in [0.25, 0.3) is 0 Å². The van der Waals surface area contributed by atoms with Crippen LogP contribution in [0.5, 0.6) is 0 Å². The largest absolute Gasteiger partial charge is 0.388 e. The van der Waals surface area contributed by atoms with Gasteiger partial charge < -0.3 is 5.11 Å². The van der Waals surface area contributed by atoms with Crippen molar-refractivity contribution >= 4 is 0 Å². The zero-order valence-corrected chi connectivity index (χ0v) is 9.71. The Balaban J connectivity index is 2.21. The molecule has 1 heteroatoms. The second-order valence-corrected chi connectivity index (χ2v) is 4.03. The maximum Gasteiger partial charge on any atom is 0.0824 e. The molecule has 0 amide bonds. The molecule has 2 aromatic carbocycles. The van der Waals surface area contributed by atoms with E-state index in [1.54, 1.807) is 6.08 Å². The quantitative estimate of drug-likeness (QED) is 0.779. The lowest BCUT2D eigenvalue weighted by Crippen LogP contribution is -1.94. The van der Waals surface area contributed by atoms with Gasteiger partial charge >= 0.3 is 0 Å². The molecule has 86 valence electrons. The number of rotatable bonds is 4. The summed E-state index contributed by atoms with van der Waals surface area (Å²) in [7, 11) is 0. The first-order valence-electron chi connectivity index (χ1n) is 5.75. The molecule has 0 heterocycles. The molecule has 0 fully saturated rings. The van der Waals surface area contributed by atoms with E-state index in [0.717, 1.165) is 5.56 Å². The molecule has 0 spiro atoms. The maximum absolute atomic E-state index is 9.81. The first kappa shape index (κ1) is 11.6. The first-order valence-corrected chi connectivity index (χ1v) is 5.75. The summed E-state index contributed by atoms with van der Waals surface area (Å²) in [6, 6.07) is 18.2. The molecular formula is C16H16O. The van der Waals surface area contributed by atoms with Crippen molar-refractivity contribution in [2.24, 2.45) is 0 Å². The molecule has 1 atom stereocenters. The van der Waals surface area contributed by atoms with Crippen molar-refractivity contribution < 1.29 is 5.11 Å². The molecule has 17 heavy (non-hydrogen) atoms. The molecule has 0 aliphatic carbocycles. The third-order valence-corrected chi connectivity index (χ3v) is 2.79. The molecule has 0 unspecified atom stereocenters. The molecule has 1 N–H and O–H groups in total. The van der Waals surface area contributed by atoms with Crippen LogP contribution in [0.1, 0.15) is 18.1 Å². The predicted octanol–water partition coefficient (Wildman–Crippen LogP) is 3.96. The summed E-state index contributed by atoms with van der Waals surface area (Å²) in [5.74, 6) is 0. The van der Waals surface area contributed by atoms with Gasteiger partial charge in [0.05, 0.1) is 6.10 Å². The Morgan fingerprint density at radius 3 is 2.12 bits per heavy atom. The number of aliphatic hydroxyl groups is 1. The second-order valence-electron chi connectivity index (χ2n) is 4.03. The zero-order chi connectivity index (χ0) is 12.1. The average molecular weight is 224 g/mol. The minimum atomic E-state index is -0.447. The molecule has 2 rings (SSSR count). The van der Waals surface area contributed by atoms with Gasteiger partial charge in [0.2, 0.25) is 0 Å². The Morgan fingerprint density at radius 2 is 1.53 bits per heavy atom.